The van der Waals surface area contributed by atoms with Gasteiger partial charge in [0.1, 0.15) is 6.54 Å². The van der Waals surface area contributed by atoms with Crippen LogP contribution in [0.5, 0.6) is 0 Å². The maximum Gasteiger partial charge on any atom is 0.408 e. The number of anilines is 1. The number of carbonyl (C=O) groups is 1. The number of nitrogens with zero attached hydrogens (tertiary/aromatic N) is 3. The summed E-state index contributed by atoms with van der Waals surface area (Å²) in [4.78, 5) is 12.1. The van der Waals surface area contributed by atoms with Crippen LogP contribution in [0, 0.1) is 20.8 Å². The van der Waals surface area contributed by atoms with Crippen LogP contribution in [0.3, 0.4) is 0 Å². The first-order chi connectivity index (χ1) is 9.67. The fourth-order valence-corrected chi connectivity index (χ4v) is 1.92. The molecule has 114 valence electrons. The first-order valence-electron chi connectivity index (χ1n) is 6.11. The number of alkyl halides is 3. The highest BCUT2D eigenvalue weighted by molar-refractivity contribution is 6.05. The number of aromatic amines is 1. The molecule has 1 amide bonds. The summed E-state index contributed by atoms with van der Waals surface area (Å²) < 4.78 is 37.7. The number of rotatable bonds is 3. The van der Waals surface area contributed by atoms with E-state index in [-0.39, 0.29) is 11.3 Å². The molecule has 0 spiro atoms. The van der Waals surface area contributed by atoms with Gasteiger partial charge >= 0.3 is 6.18 Å². The van der Waals surface area contributed by atoms with Crippen LogP contribution in [-0.2, 0) is 6.54 Å². The topological polar surface area (TPSA) is 75.6 Å². The lowest BCUT2D eigenvalue weighted by molar-refractivity contribution is -0.142. The number of carbonyl (C=O) groups excluding carboxylic acids is 1. The van der Waals surface area contributed by atoms with Crippen molar-refractivity contribution in [3.8, 4) is 0 Å². The minimum atomic E-state index is -4.38. The Labute approximate surface area is 118 Å². The van der Waals surface area contributed by atoms with Gasteiger partial charge in [0.05, 0.1) is 28.3 Å². The fourth-order valence-electron chi connectivity index (χ4n) is 1.92. The zero-order chi connectivity index (χ0) is 15.8. The van der Waals surface area contributed by atoms with Crippen LogP contribution in [0.1, 0.15) is 27.4 Å². The molecule has 2 aromatic heterocycles. The molecule has 0 bridgehead atoms. The minimum absolute atomic E-state index is 0.0965. The van der Waals surface area contributed by atoms with Gasteiger partial charge in [0.15, 0.2) is 0 Å². The Balaban J connectivity index is 2.20. The molecule has 2 N–H and O–H groups in total. The smallest absolute Gasteiger partial charge is 0.319 e. The molecular weight excluding hydrogens is 287 g/mol. The summed E-state index contributed by atoms with van der Waals surface area (Å²) in [6, 6.07) is 0. The third-order valence-corrected chi connectivity index (χ3v) is 2.90. The van der Waals surface area contributed by atoms with E-state index in [1.807, 2.05) is 0 Å². The maximum absolute atomic E-state index is 12.3. The van der Waals surface area contributed by atoms with Crippen molar-refractivity contribution in [3.05, 3.63) is 28.8 Å². The predicted octanol–water partition coefficient (Wildman–Crippen LogP) is 2.35. The van der Waals surface area contributed by atoms with Gasteiger partial charge in [0, 0.05) is 6.20 Å². The number of halogens is 3. The quantitative estimate of drug-likeness (QED) is 0.913. The average Bonchev–Trinajstić information content (AvgIpc) is 2.84. The lowest BCUT2D eigenvalue weighted by Crippen LogP contribution is -2.18. The van der Waals surface area contributed by atoms with E-state index in [0.717, 1.165) is 6.20 Å². The number of H-pyrrole nitrogens is 1. The second-order valence-corrected chi connectivity index (χ2v) is 4.70. The van der Waals surface area contributed by atoms with Crippen molar-refractivity contribution in [2.45, 2.75) is 33.5 Å². The summed E-state index contributed by atoms with van der Waals surface area (Å²) in [5.74, 6) is -0.520. The van der Waals surface area contributed by atoms with Crippen LogP contribution in [0.25, 0.3) is 0 Å². The lowest BCUT2D eigenvalue weighted by Gasteiger charge is -2.05. The third-order valence-electron chi connectivity index (χ3n) is 2.90. The molecule has 0 aliphatic heterocycles. The molecule has 0 saturated heterocycles. The van der Waals surface area contributed by atoms with Crippen molar-refractivity contribution >= 4 is 11.6 Å². The minimum Gasteiger partial charge on any atom is -0.319 e. The molecule has 0 radical (unpaired) electrons. The Morgan fingerprint density at radius 3 is 2.52 bits per heavy atom. The van der Waals surface area contributed by atoms with Crippen molar-refractivity contribution in [2.75, 3.05) is 5.32 Å². The van der Waals surface area contributed by atoms with Gasteiger partial charge in [-0.2, -0.15) is 23.4 Å². The first-order valence-corrected chi connectivity index (χ1v) is 6.11. The van der Waals surface area contributed by atoms with Gasteiger partial charge in [-0.05, 0) is 20.8 Å². The molecule has 0 aliphatic carbocycles. The molecule has 0 fully saturated rings. The van der Waals surface area contributed by atoms with E-state index in [1.54, 1.807) is 13.8 Å². The number of amides is 1. The van der Waals surface area contributed by atoms with E-state index in [0.29, 0.717) is 21.8 Å². The highest BCUT2D eigenvalue weighted by atomic mass is 19.4. The van der Waals surface area contributed by atoms with Crippen molar-refractivity contribution in [1.82, 2.24) is 20.0 Å². The van der Waals surface area contributed by atoms with Gasteiger partial charge < -0.3 is 5.32 Å². The SMILES string of the molecule is Cc1nn(CC(F)(F)F)cc1C(=O)Nc1c(C)n[nH]c1C. The lowest BCUT2D eigenvalue weighted by atomic mass is 10.2. The van der Waals surface area contributed by atoms with Gasteiger partial charge in [0.2, 0.25) is 0 Å². The van der Waals surface area contributed by atoms with Crippen LogP contribution in [0.15, 0.2) is 6.20 Å². The highest BCUT2D eigenvalue weighted by Crippen LogP contribution is 2.20. The molecule has 0 atom stereocenters. The van der Waals surface area contributed by atoms with Crippen LogP contribution >= 0.6 is 0 Å². The van der Waals surface area contributed by atoms with Gasteiger partial charge in [0.25, 0.3) is 5.91 Å². The molecule has 6 nitrogen and oxygen atoms in total. The summed E-state index contributed by atoms with van der Waals surface area (Å²) >= 11 is 0. The largest absolute Gasteiger partial charge is 0.408 e. The van der Waals surface area contributed by atoms with Gasteiger partial charge in [-0.1, -0.05) is 0 Å². The normalized spacial score (nSPS) is 11.7. The third kappa shape index (κ3) is 3.41. The number of aromatic nitrogens is 4. The molecular formula is C12H14F3N5O. The van der Waals surface area contributed by atoms with E-state index in [1.165, 1.54) is 6.92 Å². The Morgan fingerprint density at radius 1 is 1.33 bits per heavy atom. The maximum atomic E-state index is 12.3. The second-order valence-electron chi connectivity index (χ2n) is 4.70. The fraction of sp³-hybridized carbons (Fsp3) is 0.417. The summed E-state index contributed by atoms with van der Waals surface area (Å²) in [5, 5.41) is 13.0. The van der Waals surface area contributed by atoms with Gasteiger partial charge in [-0.3, -0.25) is 14.6 Å². The zero-order valence-corrected chi connectivity index (χ0v) is 11.7. The van der Waals surface area contributed by atoms with Crippen molar-refractivity contribution in [2.24, 2.45) is 0 Å². The van der Waals surface area contributed by atoms with Crippen molar-refractivity contribution in [1.29, 1.82) is 0 Å². The molecule has 2 aromatic rings. The van der Waals surface area contributed by atoms with E-state index < -0.39 is 18.6 Å². The van der Waals surface area contributed by atoms with Crippen LogP contribution in [-0.4, -0.2) is 32.1 Å². The zero-order valence-electron chi connectivity index (χ0n) is 11.7. The van der Waals surface area contributed by atoms with Gasteiger partial charge in [-0.25, -0.2) is 0 Å². The summed E-state index contributed by atoms with van der Waals surface area (Å²) in [5.41, 5.74) is 2.11. The molecule has 2 heterocycles. The molecule has 2 rings (SSSR count). The van der Waals surface area contributed by atoms with Crippen LogP contribution in [0.4, 0.5) is 18.9 Å². The summed E-state index contributed by atoms with van der Waals surface area (Å²) in [6.45, 7) is 3.69. The van der Waals surface area contributed by atoms with E-state index >= 15 is 0 Å². The van der Waals surface area contributed by atoms with E-state index in [9.17, 15) is 18.0 Å². The standard InChI is InChI=1S/C12H14F3N5O/c1-6-9(4-20(19-6)5-12(13,14)15)11(21)16-10-7(2)17-18-8(10)3/h4H,5H2,1-3H3,(H,16,21)(H,17,18). The number of aryl methyl sites for hydroxylation is 3. The monoisotopic (exact) mass is 301 g/mol. The van der Waals surface area contributed by atoms with Crippen molar-refractivity contribution < 1.29 is 18.0 Å². The summed E-state index contributed by atoms with van der Waals surface area (Å²) in [7, 11) is 0. The molecule has 9 heteroatoms. The number of hydrogen-bond donors (Lipinski definition) is 2. The van der Waals surface area contributed by atoms with E-state index in [4.69, 9.17) is 0 Å². The Bertz CT molecular complexity index is 651. The molecule has 21 heavy (non-hydrogen) atoms. The van der Waals surface area contributed by atoms with Gasteiger partial charge in [-0.15, -0.1) is 0 Å². The van der Waals surface area contributed by atoms with Crippen molar-refractivity contribution in [3.63, 3.8) is 0 Å². The Hall–Kier alpha value is -2.32. The second kappa shape index (κ2) is 5.23. The van der Waals surface area contributed by atoms with Crippen LogP contribution in [0.2, 0.25) is 0 Å². The number of nitrogens with one attached hydrogen (secondary N) is 2. The predicted molar refractivity (Wildman–Crippen MR) is 69.0 cm³/mol. The Morgan fingerprint density at radius 2 is 2.00 bits per heavy atom. The number of hydrogen-bond acceptors (Lipinski definition) is 3. The highest BCUT2D eigenvalue weighted by Gasteiger charge is 2.29. The molecule has 0 aromatic carbocycles. The molecule has 0 saturated carbocycles. The molecule has 0 aliphatic rings. The van der Waals surface area contributed by atoms with E-state index in [2.05, 4.69) is 20.6 Å². The summed E-state index contributed by atoms with van der Waals surface area (Å²) in [6.07, 6.45) is -3.30. The first kappa shape index (κ1) is 15.1. The van der Waals surface area contributed by atoms with Crippen LogP contribution < -0.4 is 5.32 Å². The Kier molecular flexibility index (Phi) is 3.75. The molecule has 0 unspecified atom stereocenters. The average molecular weight is 301 g/mol.